The molecule has 29 heavy (non-hydrogen) atoms. The number of ether oxygens (including phenoxy) is 1. The summed E-state index contributed by atoms with van der Waals surface area (Å²) in [5.74, 6) is -0.150. The fraction of sp³-hybridized carbons (Fsp3) is 0.417. The summed E-state index contributed by atoms with van der Waals surface area (Å²) in [5.41, 5.74) is 1.89. The predicted octanol–water partition coefficient (Wildman–Crippen LogP) is 6.29. The maximum atomic E-state index is 13.0. The van der Waals surface area contributed by atoms with Crippen LogP contribution in [-0.2, 0) is 37.4 Å². The molecule has 2 rings (SSSR count). The second-order valence-electron chi connectivity index (χ2n) is 7.92. The molecule has 0 spiro atoms. The third-order valence-corrected chi connectivity index (χ3v) is 4.30. The van der Waals surface area contributed by atoms with Crippen LogP contribution in [0.3, 0.4) is 0 Å². The molecular formula is C24H32INO2Zn. The van der Waals surface area contributed by atoms with Crippen molar-refractivity contribution in [2.75, 3.05) is 0 Å². The van der Waals surface area contributed by atoms with Gasteiger partial charge < -0.3 is 11.7 Å². The van der Waals surface area contributed by atoms with E-state index in [4.69, 9.17) is 4.74 Å². The first-order chi connectivity index (χ1) is 13.9. The average Bonchev–Trinajstić information content (AvgIpc) is 2.70. The minimum atomic E-state index is -0.495. The molecule has 0 aliphatic carbocycles. The number of halogens is 1. The van der Waals surface area contributed by atoms with Gasteiger partial charge in [0.15, 0.2) is 0 Å². The van der Waals surface area contributed by atoms with E-state index in [0.29, 0.717) is 13.1 Å². The molecule has 0 saturated heterocycles. The SMILES string of the molecule is [CH2-]CCCC(C(=O)OC(C)(C)C)N(Cc1ccccc1)Cc1ccccc1.[Zn+][I]. The van der Waals surface area contributed by atoms with Gasteiger partial charge in [-0.05, 0) is 38.3 Å². The monoisotopic (exact) mass is 557 g/mol. The topological polar surface area (TPSA) is 29.5 Å². The molecule has 0 fully saturated rings. The molecule has 2 aromatic carbocycles. The maximum absolute atomic E-state index is 13.0. The Labute approximate surface area is 197 Å². The minimum absolute atomic E-state index is 0.150. The number of benzene rings is 2. The number of unbranched alkanes of at least 4 members (excludes halogenated alkanes) is 1. The summed E-state index contributed by atoms with van der Waals surface area (Å²) in [7, 11) is 0. The van der Waals surface area contributed by atoms with Crippen LogP contribution in [0.5, 0.6) is 0 Å². The van der Waals surface area contributed by atoms with E-state index in [9.17, 15) is 4.79 Å². The Morgan fingerprint density at radius 2 is 1.45 bits per heavy atom. The van der Waals surface area contributed by atoms with Crippen LogP contribution < -0.4 is 0 Å². The zero-order chi connectivity index (χ0) is 21.7. The van der Waals surface area contributed by atoms with Crippen LogP contribution in [0.4, 0.5) is 0 Å². The van der Waals surface area contributed by atoms with Crippen molar-refractivity contribution >= 4 is 25.7 Å². The molecule has 1 atom stereocenters. The van der Waals surface area contributed by atoms with Crippen molar-refractivity contribution in [2.45, 2.75) is 64.8 Å². The fourth-order valence-electron chi connectivity index (χ4n) is 3.07. The van der Waals surface area contributed by atoms with Crippen molar-refractivity contribution in [2.24, 2.45) is 0 Å². The Hall–Kier alpha value is -0.777. The number of nitrogens with zero attached hydrogens (tertiary/aromatic N) is 1. The van der Waals surface area contributed by atoms with Crippen molar-refractivity contribution in [3.8, 4) is 0 Å². The Morgan fingerprint density at radius 1 is 1.00 bits per heavy atom. The van der Waals surface area contributed by atoms with E-state index in [2.05, 4.69) is 55.8 Å². The number of rotatable bonds is 9. The van der Waals surface area contributed by atoms with Gasteiger partial charge in [0, 0.05) is 13.1 Å². The molecule has 0 heterocycles. The molecule has 0 aliphatic heterocycles. The standard InChI is InChI=1S/C24H32NO2.HI.Zn/c1-5-6-17-22(23(26)27-24(2,3)4)25(18-20-13-9-7-10-14-20)19-21-15-11-8-12-16-21;;/h7-16,22H,1,5-6,17-19H2,2-4H3;1H;/q-1;;+2/p-1. The Kier molecular flexibility index (Phi) is 12.9. The molecule has 0 radical (unpaired) electrons. The number of carbonyl (C=O) groups is 1. The van der Waals surface area contributed by atoms with Crippen molar-refractivity contribution < 1.29 is 24.3 Å². The van der Waals surface area contributed by atoms with Crippen LogP contribution in [-0.4, -0.2) is 22.5 Å². The van der Waals surface area contributed by atoms with Crippen molar-refractivity contribution in [1.29, 1.82) is 0 Å². The molecule has 154 valence electrons. The summed E-state index contributed by atoms with van der Waals surface area (Å²) in [6.07, 6.45) is 2.45. The zero-order valence-electron chi connectivity index (χ0n) is 17.9. The second-order valence-corrected chi connectivity index (χ2v) is 7.92. The summed E-state index contributed by atoms with van der Waals surface area (Å²) in [6, 6.07) is 20.3. The summed E-state index contributed by atoms with van der Waals surface area (Å²) >= 11 is 3.62. The van der Waals surface area contributed by atoms with Crippen LogP contribution in [0, 0.1) is 6.92 Å². The number of hydrogen-bond donors (Lipinski definition) is 0. The van der Waals surface area contributed by atoms with Crippen molar-refractivity contribution in [1.82, 2.24) is 4.90 Å². The quantitative estimate of drug-likeness (QED) is 0.157. The number of hydrogen-bond acceptors (Lipinski definition) is 3. The average molecular weight is 559 g/mol. The van der Waals surface area contributed by atoms with Gasteiger partial charge >= 0.3 is 40.5 Å². The Balaban J connectivity index is 0.00000204. The van der Waals surface area contributed by atoms with Crippen LogP contribution >= 0.6 is 19.8 Å². The molecular weight excluding hydrogens is 527 g/mol. The predicted molar refractivity (Wildman–Crippen MR) is 125 cm³/mol. The zero-order valence-corrected chi connectivity index (χ0v) is 23.1. The van der Waals surface area contributed by atoms with E-state index in [-0.39, 0.29) is 12.0 Å². The molecule has 0 saturated carbocycles. The summed E-state index contributed by atoms with van der Waals surface area (Å²) in [4.78, 5) is 15.2. The Bertz CT molecular complexity index is 648. The van der Waals surface area contributed by atoms with Gasteiger partial charge in [-0.2, -0.15) is 6.42 Å². The third kappa shape index (κ3) is 10.7. The first kappa shape index (κ1) is 26.3. The van der Waals surface area contributed by atoms with Crippen LogP contribution in [0.15, 0.2) is 60.7 Å². The normalized spacial score (nSPS) is 12.1. The van der Waals surface area contributed by atoms with Gasteiger partial charge in [0.05, 0.1) is 0 Å². The van der Waals surface area contributed by atoms with Crippen LogP contribution in [0.2, 0.25) is 0 Å². The molecule has 0 N–H and O–H groups in total. The molecule has 3 nitrogen and oxygen atoms in total. The van der Waals surface area contributed by atoms with E-state index in [1.165, 1.54) is 25.9 Å². The first-order valence-corrected chi connectivity index (χ1v) is 19.0. The summed E-state index contributed by atoms with van der Waals surface area (Å²) < 4.78 is 5.75. The van der Waals surface area contributed by atoms with E-state index < -0.39 is 5.60 Å². The molecule has 5 heteroatoms. The van der Waals surface area contributed by atoms with Gasteiger partial charge in [0.1, 0.15) is 11.6 Å². The molecule has 2 aromatic rings. The number of esters is 1. The van der Waals surface area contributed by atoms with Gasteiger partial charge in [-0.15, -0.1) is 0 Å². The molecule has 1 unspecified atom stereocenters. The summed E-state index contributed by atoms with van der Waals surface area (Å²) in [5, 5.41) is 0. The van der Waals surface area contributed by atoms with Gasteiger partial charge in [-0.3, -0.25) is 9.69 Å². The van der Waals surface area contributed by atoms with Crippen molar-refractivity contribution in [3.05, 3.63) is 78.7 Å². The van der Waals surface area contributed by atoms with E-state index in [1.54, 1.807) is 0 Å². The van der Waals surface area contributed by atoms with Crippen LogP contribution in [0.1, 0.15) is 51.2 Å². The van der Waals surface area contributed by atoms with Gasteiger partial charge in [-0.25, -0.2) is 0 Å². The van der Waals surface area contributed by atoms with Crippen LogP contribution in [0.25, 0.3) is 0 Å². The van der Waals surface area contributed by atoms with E-state index >= 15 is 0 Å². The molecule has 0 amide bonds. The third-order valence-electron chi connectivity index (χ3n) is 4.30. The number of carbonyl (C=O) groups excluding carboxylic acids is 1. The molecule has 0 aromatic heterocycles. The molecule has 0 aliphatic rings. The van der Waals surface area contributed by atoms with Gasteiger partial charge in [-0.1, -0.05) is 67.1 Å². The fourth-order valence-corrected chi connectivity index (χ4v) is 3.07. The van der Waals surface area contributed by atoms with Gasteiger partial charge in [0.2, 0.25) is 0 Å². The van der Waals surface area contributed by atoms with E-state index in [1.807, 2.05) is 57.2 Å². The van der Waals surface area contributed by atoms with Gasteiger partial charge in [0.25, 0.3) is 0 Å². The van der Waals surface area contributed by atoms with Crippen molar-refractivity contribution in [3.63, 3.8) is 0 Å². The Morgan fingerprint density at radius 3 is 1.83 bits per heavy atom. The van der Waals surface area contributed by atoms with E-state index in [0.717, 1.165) is 19.3 Å². The molecule has 0 bridgehead atoms. The summed E-state index contributed by atoms with van der Waals surface area (Å²) in [6.45, 7) is 11.1. The first-order valence-electron chi connectivity index (χ1n) is 10.00. The second kappa shape index (κ2) is 14.3.